The van der Waals surface area contributed by atoms with Crippen LogP contribution in [0.15, 0.2) is 30.3 Å². The molecule has 1 atom stereocenters. The summed E-state index contributed by atoms with van der Waals surface area (Å²) in [5, 5.41) is 3.57. The van der Waals surface area contributed by atoms with Crippen LogP contribution in [-0.4, -0.2) is 13.1 Å². The molecule has 0 amide bonds. The summed E-state index contributed by atoms with van der Waals surface area (Å²) in [7, 11) is 2.13. The van der Waals surface area contributed by atoms with Crippen molar-refractivity contribution in [2.75, 3.05) is 7.05 Å². The van der Waals surface area contributed by atoms with Gasteiger partial charge in [-0.1, -0.05) is 62.9 Å². The van der Waals surface area contributed by atoms with Crippen molar-refractivity contribution in [3.8, 4) is 0 Å². The second kappa shape index (κ2) is 7.69. The fourth-order valence-corrected chi connectivity index (χ4v) is 3.66. The molecule has 1 fully saturated rings. The van der Waals surface area contributed by atoms with Crippen LogP contribution in [0, 0.1) is 11.8 Å². The number of rotatable bonds is 6. The van der Waals surface area contributed by atoms with E-state index >= 15 is 0 Å². The van der Waals surface area contributed by atoms with E-state index in [1.54, 1.807) is 0 Å². The van der Waals surface area contributed by atoms with Gasteiger partial charge in [-0.3, -0.25) is 0 Å². The van der Waals surface area contributed by atoms with Gasteiger partial charge in [-0.05, 0) is 43.7 Å². The Morgan fingerprint density at radius 3 is 2.37 bits per heavy atom. The molecule has 19 heavy (non-hydrogen) atoms. The van der Waals surface area contributed by atoms with Crippen molar-refractivity contribution in [1.29, 1.82) is 0 Å². The molecule has 1 nitrogen and oxygen atoms in total. The summed E-state index contributed by atoms with van der Waals surface area (Å²) in [6.45, 7) is 2.32. The van der Waals surface area contributed by atoms with Gasteiger partial charge in [-0.25, -0.2) is 0 Å². The van der Waals surface area contributed by atoms with Gasteiger partial charge in [-0.2, -0.15) is 0 Å². The topological polar surface area (TPSA) is 12.0 Å². The van der Waals surface area contributed by atoms with E-state index in [0.717, 1.165) is 11.8 Å². The van der Waals surface area contributed by atoms with Crippen molar-refractivity contribution in [2.24, 2.45) is 11.8 Å². The molecular weight excluding hydrogens is 230 g/mol. The van der Waals surface area contributed by atoms with Crippen molar-refractivity contribution < 1.29 is 0 Å². The first kappa shape index (κ1) is 14.6. The molecule has 1 aliphatic rings. The zero-order valence-electron chi connectivity index (χ0n) is 12.6. The molecular formula is C18H29N. The largest absolute Gasteiger partial charge is 0.316 e. The van der Waals surface area contributed by atoms with E-state index in [1.807, 2.05) is 0 Å². The molecule has 1 unspecified atom stereocenters. The first-order chi connectivity index (χ1) is 9.33. The maximum absolute atomic E-state index is 3.57. The van der Waals surface area contributed by atoms with Crippen LogP contribution in [0.3, 0.4) is 0 Å². The summed E-state index contributed by atoms with van der Waals surface area (Å²) in [5.41, 5.74) is 1.47. The minimum Gasteiger partial charge on any atom is -0.316 e. The Morgan fingerprint density at radius 1 is 1.11 bits per heavy atom. The van der Waals surface area contributed by atoms with Gasteiger partial charge in [0.2, 0.25) is 0 Å². The molecule has 1 heteroatoms. The lowest BCUT2D eigenvalue weighted by Crippen LogP contribution is -2.37. The Hall–Kier alpha value is -0.820. The van der Waals surface area contributed by atoms with Gasteiger partial charge in [0.25, 0.3) is 0 Å². The van der Waals surface area contributed by atoms with Crippen LogP contribution in [0.5, 0.6) is 0 Å². The van der Waals surface area contributed by atoms with Crippen LogP contribution in [0.2, 0.25) is 0 Å². The highest BCUT2D eigenvalue weighted by Gasteiger charge is 2.26. The number of hydrogen-bond donors (Lipinski definition) is 1. The fraction of sp³-hybridized carbons (Fsp3) is 0.667. The van der Waals surface area contributed by atoms with Gasteiger partial charge in [0, 0.05) is 6.04 Å². The van der Waals surface area contributed by atoms with Crippen LogP contribution in [-0.2, 0) is 6.42 Å². The first-order valence-electron chi connectivity index (χ1n) is 8.04. The van der Waals surface area contributed by atoms with Crippen molar-refractivity contribution >= 4 is 0 Å². The molecule has 0 heterocycles. The lowest BCUT2D eigenvalue weighted by atomic mass is 9.76. The molecule has 1 aromatic rings. The van der Waals surface area contributed by atoms with Gasteiger partial charge >= 0.3 is 0 Å². The number of likely N-dealkylation sites (N-methyl/N-ethyl adjacent to an activating group) is 1. The summed E-state index contributed by atoms with van der Waals surface area (Å²) in [6.07, 6.45) is 9.72. The van der Waals surface area contributed by atoms with Crippen LogP contribution in [0.1, 0.15) is 51.0 Å². The van der Waals surface area contributed by atoms with Gasteiger partial charge < -0.3 is 5.32 Å². The lowest BCUT2D eigenvalue weighted by Gasteiger charge is -2.34. The smallest absolute Gasteiger partial charge is 0.0133 e. The molecule has 0 saturated heterocycles. The van der Waals surface area contributed by atoms with Crippen LogP contribution in [0.25, 0.3) is 0 Å². The van der Waals surface area contributed by atoms with Gasteiger partial charge in [-0.15, -0.1) is 0 Å². The summed E-state index contributed by atoms with van der Waals surface area (Å²) in [6, 6.07) is 11.6. The number of benzene rings is 1. The average molecular weight is 259 g/mol. The standard InChI is InChI=1S/C18H29N/c1-3-7-15-10-12-17(13-11-15)18(19-2)14-16-8-5-4-6-9-16/h4-6,8-9,15,17-19H,3,7,10-14H2,1-2H3. The molecule has 1 saturated carbocycles. The van der Waals surface area contributed by atoms with Crippen LogP contribution >= 0.6 is 0 Å². The maximum atomic E-state index is 3.57. The first-order valence-corrected chi connectivity index (χ1v) is 8.04. The molecule has 106 valence electrons. The van der Waals surface area contributed by atoms with Crippen molar-refractivity contribution in [1.82, 2.24) is 5.32 Å². The summed E-state index contributed by atoms with van der Waals surface area (Å²) in [5.74, 6) is 1.88. The van der Waals surface area contributed by atoms with E-state index in [1.165, 1.54) is 50.5 Å². The SMILES string of the molecule is CCCC1CCC(C(Cc2ccccc2)NC)CC1. The zero-order chi connectivity index (χ0) is 13.5. The minimum absolute atomic E-state index is 0.657. The van der Waals surface area contributed by atoms with E-state index in [4.69, 9.17) is 0 Å². The Morgan fingerprint density at radius 2 is 1.79 bits per heavy atom. The molecule has 0 radical (unpaired) electrons. The highest BCUT2D eigenvalue weighted by atomic mass is 14.9. The Balaban J connectivity index is 1.85. The summed E-state index contributed by atoms with van der Waals surface area (Å²) in [4.78, 5) is 0. The molecule has 0 aromatic heterocycles. The molecule has 1 N–H and O–H groups in total. The third-order valence-electron chi connectivity index (χ3n) is 4.83. The van der Waals surface area contributed by atoms with Crippen molar-refractivity contribution in [3.63, 3.8) is 0 Å². The third kappa shape index (κ3) is 4.35. The van der Waals surface area contributed by atoms with E-state index in [0.29, 0.717) is 6.04 Å². The molecule has 2 rings (SSSR count). The quantitative estimate of drug-likeness (QED) is 0.797. The molecule has 0 aliphatic heterocycles. The number of nitrogens with one attached hydrogen (secondary N) is 1. The molecule has 1 aliphatic carbocycles. The third-order valence-corrected chi connectivity index (χ3v) is 4.83. The summed E-state index contributed by atoms with van der Waals surface area (Å²) >= 11 is 0. The summed E-state index contributed by atoms with van der Waals surface area (Å²) < 4.78 is 0. The predicted octanol–water partition coefficient (Wildman–Crippen LogP) is 4.42. The second-order valence-electron chi connectivity index (χ2n) is 6.15. The van der Waals surface area contributed by atoms with Crippen molar-refractivity contribution in [2.45, 2.75) is 57.9 Å². The second-order valence-corrected chi connectivity index (χ2v) is 6.15. The highest BCUT2D eigenvalue weighted by Crippen LogP contribution is 2.33. The number of hydrogen-bond acceptors (Lipinski definition) is 1. The predicted molar refractivity (Wildman–Crippen MR) is 83.3 cm³/mol. The van der Waals surface area contributed by atoms with E-state index in [9.17, 15) is 0 Å². The average Bonchev–Trinajstić information content (AvgIpc) is 2.47. The van der Waals surface area contributed by atoms with Crippen LogP contribution < -0.4 is 5.32 Å². The van der Waals surface area contributed by atoms with Crippen LogP contribution in [0.4, 0.5) is 0 Å². The van der Waals surface area contributed by atoms with Gasteiger partial charge in [0.15, 0.2) is 0 Å². The normalized spacial score (nSPS) is 25.2. The monoisotopic (exact) mass is 259 g/mol. The zero-order valence-corrected chi connectivity index (χ0v) is 12.6. The molecule has 0 bridgehead atoms. The van der Waals surface area contributed by atoms with E-state index < -0.39 is 0 Å². The Kier molecular flexibility index (Phi) is 5.91. The lowest BCUT2D eigenvalue weighted by molar-refractivity contribution is 0.217. The van der Waals surface area contributed by atoms with E-state index in [-0.39, 0.29) is 0 Å². The van der Waals surface area contributed by atoms with Gasteiger partial charge in [0.1, 0.15) is 0 Å². The molecule has 0 spiro atoms. The minimum atomic E-state index is 0.657. The van der Waals surface area contributed by atoms with E-state index in [2.05, 4.69) is 49.6 Å². The maximum Gasteiger partial charge on any atom is 0.0133 e. The molecule has 1 aromatic carbocycles. The van der Waals surface area contributed by atoms with Gasteiger partial charge in [0.05, 0.1) is 0 Å². The fourth-order valence-electron chi connectivity index (χ4n) is 3.66. The highest BCUT2D eigenvalue weighted by molar-refractivity contribution is 5.16. The Bertz CT molecular complexity index is 338. The van der Waals surface area contributed by atoms with Crippen molar-refractivity contribution in [3.05, 3.63) is 35.9 Å². The Labute approximate surface area is 118 Å².